The van der Waals surface area contributed by atoms with Crippen molar-refractivity contribution in [1.82, 2.24) is 4.72 Å². The molecule has 1 rings (SSSR count). The second-order valence-corrected chi connectivity index (χ2v) is 5.34. The molecule has 1 N–H and O–H groups in total. The number of rotatable bonds is 6. The highest BCUT2D eigenvalue weighted by atomic mass is 32.2. The Kier molecular flexibility index (Phi) is 4.96. The topological polar surface area (TPSA) is 46.2 Å². The minimum Gasteiger partial charge on any atom is -0.207 e. The van der Waals surface area contributed by atoms with Gasteiger partial charge in [0, 0.05) is 6.54 Å². The average molecular weight is 240 g/mol. The molecule has 0 fully saturated rings. The maximum atomic E-state index is 11.7. The van der Waals surface area contributed by atoms with Gasteiger partial charge in [0.05, 0.1) is 4.90 Å². The summed E-state index contributed by atoms with van der Waals surface area (Å²) >= 11 is 0. The predicted molar refractivity (Wildman–Crippen MR) is 65.3 cm³/mol. The SMILES string of the molecule is CC[CH]NS(=O)(=O)c1ccc(CCC)cc1. The van der Waals surface area contributed by atoms with Crippen LogP contribution in [0.4, 0.5) is 0 Å². The van der Waals surface area contributed by atoms with Crippen molar-refractivity contribution < 1.29 is 8.42 Å². The Bertz CT molecular complexity index is 409. The molecular weight excluding hydrogens is 222 g/mol. The highest BCUT2D eigenvalue weighted by Crippen LogP contribution is 2.12. The van der Waals surface area contributed by atoms with Crippen molar-refractivity contribution in [3.63, 3.8) is 0 Å². The number of benzene rings is 1. The lowest BCUT2D eigenvalue weighted by molar-refractivity contribution is 0.587. The maximum absolute atomic E-state index is 11.7. The van der Waals surface area contributed by atoms with Gasteiger partial charge in [-0.2, -0.15) is 0 Å². The molecule has 0 bridgehead atoms. The summed E-state index contributed by atoms with van der Waals surface area (Å²) in [5, 5.41) is 0. The monoisotopic (exact) mass is 240 g/mol. The predicted octanol–water partition coefficient (Wildman–Crippen LogP) is 2.49. The summed E-state index contributed by atoms with van der Waals surface area (Å²) in [5.41, 5.74) is 1.17. The van der Waals surface area contributed by atoms with Gasteiger partial charge in [-0.05, 0) is 30.5 Å². The molecule has 3 nitrogen and oxygen atoms in total. The molecule has 0 amide bonds. The Hall–Kier alpha value is -0.870. The van der Waals surface area contributed by atoms with E-state index in [1.54, 1.807) is 12.1 Å². The van der Waals surface area contributed by atoms with Crippen molar-refractivity contribution in [2.24, 2.45) is 0 Å². The summed E-state index contributed by atoms with van der Waals surface area (Å²) < 4.78 is 25.9. The number of nitrogens with one attached hydrogen (secondary N) is 1. The van der Waals surface area contributed by atoms with Crippen LogP contribution in [0.1, 0.15) is 32.3 Å². The molecule has 1 aromatic rings. The van der Waals surface area contributed by atoms with E-state index >= 15 is 0 Å². The smallest absolute Gasteiger partial charge is 0.207 e. The second-order valence-electron chi connectivity index (χ2n) is 3.63. The van der Waals surface area contributed by atoms with Gasteiger partial charge in [-0.1, -0.05) is 32.4 Å². The molecule has 0 heterocycles. The van der Waals surface area contributed by atoms with Crippen molar-refractivity contribution in [1.29, 1.82) is 0 Å². The van der Waals surface area contributed by atoms with Gasteiger partial charge in [0.15, 0.2) is 0 Å². The van der Waals surface area contributed by atoms with Gasteiger partial charge in [0.1, 0.15) is 0 Å². The zero-order chi connectivity index (χ0) is 12.0. The first-order valence-corrected chi connectivity index (χ1v) is 7.01. The largest absolute Gasteiger partial charge is 0.240 e. The fourth-order valence-corrected chi connectivity index (χ4v) is 2.40. The van der Waals surface area contributed by atoms with E-state index in [1.165, 1.54) is 12.1 Å². The van der Waals surface area contributed by atoms with E-state index in [0.29, 0.717) is 11.3 Å². The molecule has 0 atom stereocenters. The summed E-state index contributed by atoms with van der Waals surface area (Å²) in [6, 6.07) is 7.03. The molecule has 1 radical (unpaired) electrons. The number of sulfonamides is 1. The van der Waals surface area contributed by atoms with Gasteiger partial charge in [0.25, 0.3) is 0 Å². The lowest BCUT2D eigenvalue weighted by Crippen LogP contribution is -2.20. The summed E-state index contributed by atoms with van der Waals surface area (Å²) in [7, 11) is -3.36. The Labute approximate surface area is 97.9 Å². The standard InChI is InChI=1S/C12H18NO2S/c1-3-5-11-6-8-12(9-7-11)16(14,15)13-10-4-2/h6-10,13H,3-5H2,1-2H3. The maximum Gasteiger partial charge on any atom is 0.240 e. The number of hydrogen-bond donors (Lipinski definition) is 1. The molecule has 0 spiro atoms. The van der Waals surface area contributed by atoms with Crippen LogP contribution >= 0.6 is 0 Å². The third-order valence-electron chi connectivity index (χ3n) is 2.21. The second kappa shape index (κ2) is 6.01. The van der Waals surface area contributed by atoms with Gasteiger partial charge < -0.3 is 0 Å². The van der Waals surface area contributed by atoms with Gasteiger partial charge in [-0.3, -0.25) is 0 Å². The molecule has 0 aliphatic rings. The Morgan fingerprint density at radius 1 is 1.19 bits per heavy atom. The van der Waals surface area contributed by atoms with E-state index in [4.69, 9.17) is 0 Å². The van der Waals surface area contributed by atoms with Gasteiger partial charge in [0.2, 0.25) is 10.0 Å². The third kappa shape index (κ3) is 3.61. The van der Waals surface area contributed by atoms with Crippen LogP contribution in [0.3, 0.4) is 0 Å². The summed E-state index contributed by atoms with van der Waals surface area (Å²) in [4.78, 5) is 0.317. The first-order chi connectivity index (χ1) is 7.60. The van der Waals surface area contributed by atoms with Crippen LogP contribution in [-0.2, 0) is 16.4 Å². The average Bonchev–Trinajstić information content (AvgIpc) is 2.28. The van der Waals surface area contributed by atoms with Crippen molar-refractivity contribution in [2.45, 2.75) is 38.0 Å². The molecule has 0 saturated carbocycles. The van der Waals surface area contributed by atoms with E-state index < -0.39 is 10.0 Å². The van der Waals surface area contributed by atoms with Gasteiger partial charge >= 0.3 is 0 Å². The van der Waals surface area contributed by atoms with Crippen molar-refractivity contribution in [3.8, 4) is 0 Å². The quantitative estimate of drug-likeness (QED) is 0.830. The molecule has 1 aromatic carbocycles. The summed E-state index contributed by atoms with van der Waals surface area (Å²) in [6.45, 7) is 5.52. The molecular formula is C12H18NO2S. The van der Waals surface area contributed by atoms with E-state index in [-0.39, 0.29) is 0 Å². The van der Waals surface area contributed by atoms with Crippen LogP contribution in [0.2, 0.25) is 0 Å². The summed E-state index contributed by atoms with van der Waals surface area (Å²) in [6.07, 6.45) is 2.72. The van der Waals surface area contributed by atoms with Crippen LogP contribution < -0.4 is 4.72 Å². The lowest BCUT2D eigenvalue weighted by atomic mass is 10.1. The molecule has 0 aliphatic heterocycles. The zero-order valence-electron chi connectivity index (χ0n) is 9.73. The minimum absolute atomic E-state index is 0.317. The fourth-order valence-electron chi connectivity index (χ4n) is 1.39. The summed E-state index contributed by atoms with van der Waals surface area (Å²) in [5.74, 6) is 0. The first-order valence-electron chi connectivity index (χ1n) is 5.53. The molecule has 0 unspecified atom stereocenters. The van der Waals surface area contributed by atoms with E-state index in [1.807, 2.05) is 19.1 Å². The minimum atomic E-state index is -3.36. The van der Waals surface area contributed by atoms with E-state index in [2.05, 4.69) is 11.6 Å². The van der Waals surface area contributed by atoms with E-state index in [9.17, 15) is 8.42 Å². The van der Waals surface area contributed by atoms with Crippen LogP contribution in [-0.4, -0.2) is 8.42 Å². The molecule has 0 aliphatic carbocycles. The van der Waals surface area contributed by atoms with Crippen molar-refractivity contribution >= 4 is 10.0 Å². The van der Waals surface area contributed by atoms with Gasteiger partial charge in [-0.25, -0.2) is 13.1 Å². The first kappa shape index (κ1) is 13.2. The van der Waals surface area contributed by atoms with Crippen LogP contribution in [0.15, 0.2) is 29.2 Å². The Morgan fingerprint density at radius 2 is 1.81 bits per heavy atom. The lowest BCUT2D eigenvalue weighted by Gasteiger charge is -2.06. The van der Waals surface area contributed by atoms with Crippen molar-refractivity contribution in [3.05, 3.63) is 36.4 Å². The van der Waals surface area contributed by atoms with Crippen molar-refractivity contribution in [2.75, 3.05) is 0 Å². The fraction of sp³-hybridized carbons (Fsp3) is 0.417. The Morgan fingerprint density at radius 3 is 2.31 bits per heavy atom. The molecule has 0 aromatic heterocycles. The van der Waals surface area contributed by atoms with E-state index in [0.717, 1.165) is 12.8 Å². The highest BCUT2D eigenvalue weighted by Gasteiger charge is 2.12. The third-order valence-corrected chi connectivity index (χ3v) is 3.58. The molecule has 4 heteroatoms. The zero-order valence-corrected chi connectivity index (χ0v) is 10.5. The molecule has 16 heavy (non-hydrogen) atoms. The van der Waals surface area contributed by atoms with Crippen LogP contribution in [0.25, 0.3) is 0 Å². The Balaban J connectivity index is 2.80. The molecule has 89 valence electrons. The normalized spacial score (nSPS) is 11.6. The highest BCUT2D eigenvalue weighted by molar-refractivity contribution is 7.89. The number of aryl methyl sites for hydroxylation is 1. The number of hydrogen-bond acceptors (Lipinski definition) is 2. The van der Waals surface area contributed by atoms with Crippen LogP contribution in [0.5, 0.6) is 0 Å². The van der Waals surface area contributed by atoms with Crippen LogP contribution in [0, 0.1) is 6.54 Å². The molecule has 0 saturated heterocycles. The van der Waals surface area contributed by atoms with Gasteiger partial charge in [-0.15, -0.1) is 0 Å².